The second-order valence-corrected chi connectivity index (χ2v) is 9.85. The molecule has 1 amide bonds. The number of nitrogens with zero attached hydrogens (tertiary/aromatic N) is 2. The Hall–Kier alpha value is -3.17. The number of hydrogen-bond donors (Lipinski definition) is 2. The predicted molar refractivity (Wildman–Crippen MR) is 143 cm³/mol. The summed E-state index contributed by atoms with van der Waals surface area (Å²) in [4.78, 5) is 25.9. The lowest BCUT2D eigenvalue weighted by atomic mass is 10.0. The minimum Gasteiger partial charge on any atom is -0.481 e. The number of carbonyl (C=O) groups is 2. The summed E-state index contributed by atoms with van der Waals surface area (Å²) in [6.45, 7) is 3.33. The van der Waals surface area contributed by atoms with Gasteiger partial charge in [-0.25, -0.2) is 8.78 Å². The Morgan fingerprint density at radius 1 is 1.14 bits per heavy atom. The number of nitrogens with two attached hydrogens (primary N) is 1. The molecular formula is C28H33F2N3O3S. The van der Waals surface area contributed by atoms with E-state index in [9.17, 15) is 18.4 Å². The summed E-state index contributed by atoms with van der Waals surface area (Å²) in [5.41, 5.74) is 8.30. The van der Waals surface area contributed by atoms with Crippen LogP contribution in [0.4, 0.5) is 8.78 Å². The summed E-state index contributed by atoms with van der Waals surface area (Å²) in [6.07, 6.45) is 2.99. The van der Waals surface area contributed by atoms with Crippen LogP contribution in [0.25, 0.3) is 11.1 Å². The number of hydrogen-bond acceptors (Lipinski definition) is 4. The van der Waals surface area contributed by atoms with E-state index in [1.807, 2.05) is 47.9 Å². The molecule has 0 saturated heterocycles. The Morgan fingerprint density at radius 2 is 1.89 bits per heavy atom. The summed E-state index contributed by atoms with van der Waals surface area (Å²) in [5, 5.41) is 8.89. The summed E-state index contributed by atoms with van der Waals surface area (Å²) in [6, 6.07) is 14.7. The number of benzene rings is 2. The average Bonchev–Trinajstić information content (AvgIpc) is 3.29. The van der Waals surface area contributed by atoms with Crippen molar-refractivity contribution in [1.82, 2.24) is 9.47 Å². The summed E-state index contributed by atoms with van der Waals surface area (Å²) >= 11 is 1.29. The largest absolute Gasteiger partial charge is 0.481 e. The molecule has 1 heterocycles. The lowest BCUT2D eigenvalue weighted by molar-refractivity contribution is -0.136. The van der Waals surface area contributed by atoms with Crippen LogP contribution >= 0.6 is 11.8 Å². The smallest absolute Gasteiger partial charge is 0.304 e. The van der Waals surface area contributed by atoms with Crippen molar-refractivity contribution >= 4 is 23.6 Å². The quantitative estimate of drug-likeness (QED) is 0.276. The van der Waals surface area contributed by atoms with Gasteiger partial charge < -0.3 is 20.3 Å². The van der Waals surface area contributed by atoms with Gasteiger partial charge >= 0.3 is 5.97 Å². The fourth-order valence-electron chi connectivity index (χ4n) is 4.30. The molecule has 1 atom stereocenters. The van der Waals surface area contributed by atoms with Crippen LogP contribution in [0, 0.1) is 11.6 Å². The van der Waals surface area contributed by atoms with E-state index in [2.05, 4.69) is 0 Å². The zero-order valence-electron chi connectivity index (χ0n) is 20.9. The molecule has 0 aliphatic rings. The van der Waals surface area contributed by atoms with Crippen LogP contribution in [0.5, 0.6) is 0 Å². The molecule has 3 N–H and O–H groups in total. The zero-order valence-corrected chi connectivity index (χ0v) is 21.7. The van der Waals surface area contributed by atoms with E-state index in [0.29, 0.717) is 43.8 Å². The van der Waals surface area contributed by atoms with Gasteiger partial charge in [0.15, 0.2) is 0 Å². The minimum absolute atomic E-state index is 0.0135. The van der Waals surface area contributed by atoms with Gasteiger partial charge in [-0.2, -0.15) is 11.8 Å². The van der Waals surface area contributed by atoms with E-state index >= 15 is 0 Å². The van der Waals surface area contributed by atoms with Gasteiger partial charge in [0.25, 0.3) is 0 Å². The zero-order chi connectivity index (χ0) is 26.8. The molecule has 0 unspecified atom stereocenters. The van der Waals surface area contributed by atoms with Gasteiger partial charge in [0.05, 0.1) is 18.2 Å². The first-order valence-electron chi connectivity index (χ1n) is 12.3. The maximum Gasteiger partial charge on any atom is 0.304 e. The number of aromatic nitrogens is 1. The molecule has 3 rings (SSSR count). The van der Waals surface area contributed by atoms with Crippen molar-refractivity contribution in [1.29, 1.82) is 0 Å². The summed E-state index contributed by atoms with van der Waals surface area (Å²) in [7, 11) is 0. The first kappa shape index (κ1) is 28.4. The highest BCUT2D eigenvalue weighted by Crippen LogP contribution is 2.33. The van der Waals surface area contributed by atoms with E-state index in [-0.39, 0.29) is 29.7 Å². The fraction of sp³-hybridized carbons (Fsp3) is 0.357. The number of thioether (sulfide) groups is 1. The molecular weight excluding hydrogens is 496 g/mol. The molecule has 0 aliphatic carbocycles. The SMILES string of the molecule is CC[C@H](c1cc(-c2cc(F)ccc2F)cn1Cc1ccccc1)N(CCCN)C(=O)CSCCC(=O)O. The van der Waals surface area contributed by atoms with Gasteiger partial charge in [0, 0.05) is 41.9 Å². The van der Waals surface area contributed by atoms with E-state index in [4.69, 9.17) is 10.8 Å². The highest BCUT2D eigenvalue weighted by molar-refractivity contribution is 7.99. The van der Waals surface area contributed by atoms with Crippen LogP contribution in [-0.4, -0.2) is 51.0 Å². The number of aliphatic carboxylic acids is 1. The van der Waals surface area contributed by atoms with E-state index in [0.717, 1.165) is 23.4 Å². The lowest BCUT2D eigenvalue weighted by Gasteiger charge is -2.32. The van der Waals surface area contributed by atoms with Crippen molar-refractivity contribution in [2.75, 3.05) is 24.6 Å². The van der Waals surface area contributed by atoms with Crippen LogP contribution in [0.2, 0.25) is 0 Å². The first-order valence-corrected chi connectivity index (χ1v) is 13.5. The predicted octanol–water partition coefficient (Wildman–Crippen LogP) is 5.32. The van der Waals surface area contributed by atoms with Crippen molar-refractivity contribution in [3.8, 4) is 11.1 Å². The topological polar surface area (TPSA) is 88.6 Å². The number of carboxylic acid groups (broad SMARTS) is 1. The molecule has 0 spiro atoms. The number of amides is 1. The highest BCUT2D eigenvalue weighted by Gasteiger charge is 2.27. The standard InChI is InChI=1S/C28H33F2N3O3S/c1-2-25(33(13-6-12-31)27(34)19-37-14-11-28(35)36)26-15-21(23-16-22(29)9-10-24(23)30)18-32(26)17-20-7-4-3-5-8-20/h3-5,7-10,15-16,18,25H,2,6,11-14,17,19,31H2,1H3,(H,35,36)/t25-/m1/s1. The fourth-order valence-corrected chi connectivity index (χ4v) is 5.10. The van der Waals surface area contributed by atoms with Crippen molar-refractivity contribution in [3.63, 3.8) is 0 Å². The van der Waals surface area contributed by atoms with Crippen molar-refractivity contribution in [2.24, 2.45) is 5.73 Å². The second kappa shape index (κ2) is 13.9. The third-order valence-corrected chi connectivity index (χ3v) is 7.02. The Morgan fingerprint density at radius 3 is 2.57 bits per heavy atom. The molecule has 1 aromatic heterocycles. The maximum atomic E-state index is 14.7. The van der Waals surface area contributed by atoms with Crippen molar-refractivity contribution in [3.05, 3.63) is 83.7 Å². The third kappa shape index (κ3) is 7.90. The number of carboxylic acids is 1. The average molecular weight is 530 g/mol. The second-order valence-electron chi connectivity index (χ2n) is 8.74. The van der Waals surface area contributed by atoms with Gasteiger partial charge in [-0.1, -0.05) is 37.3 Å². The number of carbonyl (C=O) groups excluding carboxylic acids is 1. The van der Waals surface area contributed by atoms with Gasteiger partial charge in [0.1, 0.15) is 11.6 Å². The molecule has 0 radical (unpaired) electrons. The van der Waals surface area contributed by atoms with E-state index in [1.165, 1.54) is 17.8 Å². The van der Waals surface area contributed by atoms with Gasteiger partial charge in [-0.05, 0) is 49.2 Å². The normalized spacial score (nSPS) is 11.9. The Kier molecular flexibility index (Phi) is 10.7. The molecule has 0 aliphatic heterocycles. The van der Waals surface area contributed by atoms with Crippen molar-refractivity contribution in [2.45, 2.75) is 38.8 Å². The molecule has 0 bridgehead atoms. The molecule has 3 aromatic rings. The first-order chi connectivity index (χ1) is 17.8. The van der Waals surface area contributed by atoms with Gasteiger partial charge in [0.2, 0.25) is 5.91 Å². The maximum absolute atomic E-state index is 14.7. The van der Waals surface area contributed by atoms with Crippen LogP contribution in [0.1, 0.15) is 43.5 Å². The molecule has 37 heavy (non-hydrogen) atoms. The Bertz CT molecular complexity index is 1190. The van der Waals surface area contributed by atoms with E-state index in [1.54, 1.807) is 11.1 Å². The van der Waals surface area contributed by atoms with Crippen LogP contribution in [-0.2, 0) is 16.1 Å². The number of halogens is 2. The lowest BCUT2D eigenvalue weighted by Crippen LogP contribution is -2.38. The Balaban J connectivity index is 2.00. The third-order valence-electron chi connectivity index (χ3n) is 6.08. The highest BCUT2D eigenvalue weighted by atomic mass is 32.2. The van der Waals surface area contributed by atoms with Gasteiger partial charge in [-0.3, -0.25) is 9.59 Å². The number of rotatable bonds is 14. The minimum atomic E-state index is -0.901. The molecule has 6 nitrogen and oxygen atoms in total. The van der Waals surface area contributed by atoms with Gasteiger partial charge in [-0.15, -0.1) is 0 Å². The van der Waals surface area contributed by atoms with Crippen LogP contribution < -0.4 is 5.73 Å². The monoisotopic (exact) mass is 529 g/mol. The van der Waals surface area contributed by atoms with Crippen LogP contribution in [0.15, 0.2) is 60.8 Å². The Labute approximate surface area is 220 Å². The van der Waals surface area contributed by atoms with Crippen molar-refractivity contribution < 1.29 is 23.5 Å². The van der Waals surface area contributed by atoms with E-state index < -0.39 is 17.6 Å². The molecule has 0 fully saturated rings. The molecule has 9 heteroatoms. The molecule has 198 valence electrons. The summed E-state index contributed by atoms with van der Waals surface area (Å²) < 4.78 is 30.7. The molecule has 0 saturated carbocycles. The summed E-state index contributed by atoms with van der Waals surface area (Å²) in [5.74, 6) is -1.57. The van der Waals surface area contributed by atoms with Crippen LogP contribution in [0.3, 0.4) is 0 Å². The molecule has 2 aromatic carbocycles.